The summed E-state index contributed by atoms with van der Waals surface area (Å²) in [5, 5.41) is 9.91. The lowest BCUT2D eigenvalue weighted by Crippen LogP contribution is -2.01. The molecule has 0 spiro atoms. The van der Waals surface area contributed by atoms with Gasteiger partial charge >= 0.3 is 0 Å². The molecule has 0 radical (unpaired) electrons. The van der Waals surface area contributed by atoms with Crippen LogP contribution in [0.15, 0.2) is 28.9 Å². The fourth-order valence-electron chi connectivity index (χ4n) is 1.54. The van der Waals surface area contributed by atoms with Crippen molar-refractivity contribution in [2.24, 2.45) is 0 Å². The van der Waals surface area contributed by atoms with Crippen LogP contribution >= 0.6 is 0 Å². The first-order chi connectivity index (χ1) is 9.28. The zero-order chi connectivity index (χ0) is 13.2. The smallest absolute Gasteiger partial charge is 0.259 e. The van der Waals surface area contributed by atoms with E-state index in [0.29, 0.717) is 0 Å². The average molecular weight is 261 g/mol. The first kappa shape index (κ1) is 11.3. The lowest BCUT2D eigenvalue weighted by atomic mass is 10.3. The number of anilines is 2. The molecule has 0 aliphatic carbocycles. The Morgan fingerprint density at radius 2 is 1.89 bits per heavy atom. The number of nitrogens with zero attached hydrogens (tertiary/aromatic N) is 4. The second kappa shape index (κ2) is 4.48. The van der Waals surface area contributed by atoms with Crippen LogP contribution in [-0.4, -0.2) is 27.4 Å². The molecule has 0 amide bonds. The molecule has 96 valence electrons. The molecule has 1 N–H and O–H groups in total. The molecule has 0 fully saturated rings. The van der Waals surface area contributed by atoms with Gasteiger partial charge in [0.05, 0.1) is 12.8 Å². The maximum Gasteiger partial charge on any atom is 0.259 e. The number of aromatic nitrogens is 4. The standard InChI is InChI=1S/C11H8FN5O2/c1-18-11-10(13-7-5-3-2-4-6(7)12)14-8-9(15-11)17-19-16-8/h2-5H,1H3,(H,13,14,16). The van der Waals surface area contributed by atoms with Crippen LogP contribution in [0, 0.1) is 5.82 Å². The van der Waals surface area contributed by atoms with E-state index in [4.69, 9.17) is 4.74 Å². The SMILES string of the molecule is COc1nc2nonc2nc1Nc1ccccc1F. The summed E-state index contributed by atoms with van der Waals surface area (Å²) in [5.41, 5.74) is 0.682. The van der Waals surface area contributed by atoms with Crippen LogP contribution in [0.3, 0.4) is 0 Å². The van der Waals surface area contributed by atoms with E-state index in [1.807, 2.05) is 0 Å². The average Bonchev–Trinajstić information content (AvgIpc) is 2.87. The molecule has 2 heterocycles. The zero-order valence-corrected chi connectivity index (χ0v) is 9.79. The van der Waals surface area contributed by atoms with Gasteiger partial charge in [0.1, 0.15) is 5.82 Å². The Balaban J connectivity index is 2.06. The minimum absolute atomic E-state index is 0.173. The van der Waals surface area contributed by atoms with E-state index < -0.39 is 5.82 Å². The second-order valence-electron chi connectivity index (χ2n) is 3.60. The number of methoxy groups -OCH3 is 1. The fraction of sp³-hybridized carbons (Fsp3) is 0.0909. The molecule has 8 heteroatoms. The van der Waals surface area contributed by atoms with Crippen LogP contribution in [-0.2, 0) is 0 Å². The van der Waals surface area contributed by atoms with Gasteiger partial charge in [-0.25, -0.2) is 9.02 Å². The van der Waals surface area contributed by atoms with Crippen molar-refractivity contribution in [2.75, 3.05) is 12.4 Å². The third-order valence-corrected chi connectivity index (χ3v) is 2.40. The number of nitrogens with one attached hydrogen (secondary N) is 1. The van der Waals surface area contributed by atoms with Crippen molar-refractivity contribution >= 4 is 22.8 Å². The third kappa shape index (κ3) is 2.03. The molecule has 0 aliphatic rings. The summed E-state index contributed by atoms with van der Waals surface area (Å²) in [4.78, 5) is 8.15. The van der Waals surface area contributed by atoms with Crippen LogP contribution in [0.4, 0.5) is 15.9 Å². The Bertz CT molecular complexity index is 730. The summed E-state index contributed by atoms with van der Waals surface area (Å²) < 4.78 is 23.1. The molecule has 0 saturated heterocycles. The summed E-state index contributed by atoms with van der Waals surface area (Å²) in [5.74, 6) is -0.00743. The van der Waals surface area contributed by atoms with Gasteiger partial charge in [0.25, 0.3) is 5.88 Å². The Hall–Kier alpha value is -2.77. The highest BCUT2D eigenvalue weighted by Crippen LogP contribution is 2.26. The molecular formula is C11H8FN5O2. The normalized spacial score (nSPS) is 10.6. The van der Waals surface area contributed by atoms with Gasteiger partial charge in [-0.15, -0.1) is 0 Å². The van der Waals surface area contributed by atoms with Gasteiger partial charge < -0.3 is 10.1 Å². The van der Waals surface area contributed by atoms with Crippen molar-refractivity contribution < 1.29 is 13.8 Å². The highest BCUT2D eigenvalue weighted by atomic mass is 19.1. The number of fused-ring (bicyclic) bond motifs is 1. The van der Waals surface area contributed by atoms with E-state index in [1.165, 1.54) is 13.2 Å². The summed E-state index contributed by atoms with van der Waals surface area (Å²) in [6.07, 6.45) is 0. The Morgan fingerprint density at radius 1 is 1.16 bits per heavy atom. The Kier molecular flexibility index (Phi) is 2.67. The monoisotopic (exact) mass is 261 g/mol. The largest absolute Gasteiger partial charge is 0.478 e. The molecule has 3 rings (SSSR count). The lowest BCUT2D eigenvalue weighted by molar-refractivity contribution is 0.313. The van der Waals surface area contributed by atoms with Gasteiger partial charge in [0.2, 0.25) is 11.3 Å². The molecule has 3 aromatic rings. The topological polar surface area (TPSA) is 86.0 Å². The van der Waals surface area contributed by atoms with Crippen molar-refractivity contribution in [1.82, 2.24) is 20.3 Å². The number of halogens is 1. The molecule has 1 aromatic carbocycles. The molecule has 0 atom stereocenters. The van der Waals surface area contributed by atoms with E-state index in [-0.39, 0.29) is 28.7 Å². The zero-order valence-electron chi connectivity index (χ0n) is 9.79. The minimum Gasteiger partial charge on any atom is -0.478 e. The van der Waals surface area contributed by atoms with Gasteiger partial charge in [0.15, 0.2) is 5.82 Å². The fourth-order valence-corrected chi connectivity index (χ4v) is 1.54. The molecule has 0 bridgehead atoms. The van der Waals surface area contributed by atoms with Crippen molar-refractivity contribution in [3.63, 3.8) is 0 Å². The minimum atomic E-state index is -0.412. The van der Waals surface area contributed by atoms with Gasteiger partial charge in [-0.05, 0) is 22.4 Å². The van der Waals surface area contributed by atoms with Crippen LogP contribution in [0.2, 0.25) is 0 Å². The number of ether oxygens (including phenoxy) is 1. The van der Waals surface area contributed by atoms with Gasteiger partial charge in [-0.1, -0.05) is 12.1 Å². The van der Waals surface area contributed by atoms with E-state index in [1.54, 1.807) is 18.2 Å². The molecule has 7 nitrogen and oxygen atoms in total. The predicted octanol–water partition coefficient (Wildman–Crippen LogP) is 1.90. The van der Waals surface area contributed by atoms with Gasteiger partial charge in [-0.3, -0.25) is 0 Å². The number of hydrogen-bond donors (Lipinski definition) is 1. The molecule has 0 aliphatic heterocycles. The van der Waals surface area contributed by atoms with Crippen molar-refractivity contribution in [1.29, 1.82) is 0 Å². The highest BCUT2D eigenvalue weighted by Gasteiger charge is 2.14. The van der Waals surface area contributed by atoms with E-state index in [0.717, 1.165) is 0 Å². The Morgan fingerprint density at radius 3 is 2.63 bits per heavy atom. The molecule has 0 unspecified atom stereocenters. The predicted molar refractivity (Wildman–Crippen MR) is 63.6 cm³/mol. The number of hydrogen-bond acceptors (Lipinski definition) is 7. The van der Waals surface area contributed by atoms with Crippen LogP contribution in [0.5, 0.6) is 5.88 Å². The summed E-state index contributed by atoms with van der Waals surface area (Å²) >= 11 is 0. The summed E-state index contributed by atoms with van der Waals surface area (Å²) in [6.45, 7) is 0. The first-order valence-electron chi connectivity index (χ1n) is 5.34. The summed E-state index contributed by atoms with van der Waals surface area (Å²) in [7, 11) is 1.43. The van der Waals surface area contributed by atoms with E-state index >= 15 is 0 Å². The quantitative estimate of drug-likeness (QED) is 0.770. The van der Waals surface area contributed by atoms with Crippen molar-refractivity contribution in [3.05, 3.63) is 30.1 Å². The van der Waals surface area contributed by atoms with E-state index in [9.17, 15) is 4.39 Å². The second-order valence-corrected chi connectivity index (χ2v) is 3.60. The first-order valence-corrected chi connectivity index (χ1v) is 5.34. The lowest BCUT2D eigenvalue weighted by Gasteiger charge is -2.08. The molecule has 2 aromatic heterocycles. The number of benzene rings is 1. The van der Waals surface area contributed by atoms with Crippen molar-refractivity contribution in [2.45, 2.75) is 0 Å². The summed E-state index contributed by atoms with van der Waals surface area (Å²) in [6, 6.07) is 6.19. The van der Waals surface area contributed by atoms with Crippen molar-refractivity contribution in [3.8, 4) is 5.88 Å². The van der Waals surface area contributed by atoms with Gasteiger partial charge in [0, 0.05) is 0 Å². The van der Waals surface area contributed by atoms with Gasteiger partial charge in [-0.2, -0.15) is 9.97 Å². The maximum atomic E-state index is 13.6. The Labute approximate surface area is 106 Å². The van der Waals surface area contributed by atoms with Crippen LogP contribution in [0.1, 0.15) is 0 Å². The number of para-hydroxylation sites is 1. The van der Waals surface area contributed by atoms with Crippen LogP contribution in [0.25, 0.3) is 11.3 Å². The molecule has 0 saturated carbocycles. The molecule has 19 heavy (non-hydrogen) atoms. The van der Waals surface area contributed by atoms with E-state index in [2.05, 4.69) is 30.2 Å². The van der Waals surface area contributed by atoms with Crippen LogP contribution < -0.4 is 10.1 Å². The highest BCUT2D eigenvalue weighted by molar-refractivity contribution is 5.71. The molecular weight excluding hydrogens is 253 g/mol. The number of rotatable bonds is 3. The third-order valence-electron chi connectivity index (χ3n) is 2.40. The maximum absolute atomic E-state index is 13.6.